The number of halogens is 1. The predicted octanol–water partition coefficient (Wildman–Crippen LogP) is 5.20. The topological polar surface area (TPSA) is 96.0 Å². The van der Waals surface area contributed by atoms with Crippen LogP contribution in [0.1, 0.15) is 50.2 Å². The fourth-order valence-corrected chi connectivity index (χ4v) is 6.48. The second-order valence-corrected chi connectivity index (χ2v) is 12.6. The van der Waals surface area contributed by atoms with Crippen molar-refractivity contribution in [2.75, 3.05) is 18.0 Å². The van der Waals surface area contributed by atoms with Crippen molar-refractivity contribution < 1.29 is 27.1 Å². The molecule has 0 unspecified atom stereocenters. The number of carbonyl (C=O) groups is 2. The average Bonchev–Trinajstić information content (AvgIpc) is 2.99. The van der Waals surface area contributed by atoms with Crippen molar-refractivity contribution in [3.05, 3.63) is 89.7 Å². The van der Waals surface area contributed by atoms with Crippen molar-refractivity contribution in [2.24, 2.45) is 0 Å². The molecule has 0 aliphatic heterocycles. The Labute approximate surface area is 247 Å². The molecule has 0 bridgehead atoms. The lowest BCUT2D eigenvalue weighted by atomic mass is 9.95. The summed E-state index contributed by atoms with van der Waals surface area (Å²) in [5.41, 5.74) is 1.74. The third kappa shape index (κ3) is 7.67. The Bertz CT molecular complexity index is 1470. The van der Waals surface area contributed by atoms with Crippen LogP contribution in [0, 0.1) is 12.7 Å². The number of nitrogens with one attached hydrogen (secondary N) is 1. The zero-order chi connectivity index (χ0) is 30.3. The number of hydrogen-bond acceptors (Lipinski definition) is 5. The van der Waals surface area contributed by atoms with Crippen LogP contribution in [-0.2, 0) is 26.2 Å². The van der Waals surface area contributed by atoms with Crippen LogP contribution in [0.25, 0.3) is 0 Å². The number of hydrogen-bond donors (Lipinski definition) is 1. The van der Waals surface area contributed by atoms with Gasteiger partial charge in [0.2, 0.25) is 11.8 Å². The van der Waals surface area contributed by atoms with E-state index in [1.165, 1.54) is 36.3 Å². The molecule has 1 N–H and O–H groups in total. The maximum atomic E-state index is 14.1. The molecule has 0 aromatic heterocycles. The predicted molar refractivity (Wildman–Crippen MR) is 160 cm³/mol. The standard InChI is InChI=1S/C32H38FN3O5S/c1-23-12-18-30(19-13-23)42(39,40)36(28-10-7-11-29(20-28)41-3)22-31(37)35(21-25-14-16-26(33)17-15-25)24(2)32(38)34-27-8-5-4-6-9-27/h7,10-20,24,27H,4-6,8-9,21-22H2,1-3H3,(H,34,38)/t24-/m0/s1. The van der Waals surface area contributed by atoms with Crippen LogP contribution >= 0.6 is 0 Å². The highest BCUT2D eigenvalue weighted by molar-refractivity contribution is 7.92. The van der Waals surface area contributed by atoms with Crippen LogP contribution in [0.3, 0.4) is 0 Å². The molecule has 1 aliphatic rings. The van der Waals surface area contributed by atoms with Gasteiger partial charge in [-0.05, 0) is 68.7 Å². The molecule has 2 amide bonds. The summed E-state index contributed by atoms with van der Waals surface area (Å²) in [6.45, 7) is 2.91. The number of aryl methyl sites for hydroxylation is 1. The Morgan fingerprint density at radius 3 is 2.31 bits per heavy atom. The van der Waals surface area contributed by atoms with Gasteiger partial charge >= 0.3 is 0 Å². The minimum absolute atomic E-state index is 0.00506. The number of sulfonamides is 1. The molecule has 3 aromatic carbocycles. The fourth-order valence-electron chi connectivity index (χ4n) is 5.07. The Balaban J connectivity index is 1.68. The largest absolute Gasteiger partial charge is 0.497 e. The van der Waals surface area contributed by atoms with Gasteiger partial charge in [-0.15, -0.1) is 0 Å². The third-order valence-electron chi connectivity index (χ3n) is 7.61. The van der Waals surface area contributed by atoms with E-state index in [1.54, 1.807) is 55.5 Å². The Morgan fingerprint density at radius 2 is 1.67 bits per heavy atom. The van der Waals surface area contributed by atoms with E-state index in [0.717, 1.165) is 42.0 Å². The van der Waals surface area contributed by atoms with Crippen LogP contribution in [0.5, 0.6) is 5.75 Å². The van der Waals surface area contributed by atoms with Gasteiger partial charge in [0.05, 0.1) is 17.7 Å². The number of nitrogens with zero attached hydrogens (tertiary/aromatic N) is 2. The van der Waals surface area contributed by atoms with Gasteiger partial charge in [0.1, 0.15) is 24.2 Å². The summed E-state index contributed by atoms with van der Waals surface area (Å²) < 4.78 is 47.9. The average molecular weight is 596 g/mol. The van der Waals surface area contributed by atoms with Gasteiger partial charge in [0.25, 0.3) is 10.0 Å². The second kappa shape index (κ2) is 13.8. The lowest BCUT2D eigenvalue weighted by Gasteiger charge is -2.33. The van der Waals surface area contributed by atoms with Crippen molar-refractivity contribution in [3.63, 3.8) is 0 Å². The first-order valence-corrected chi connectivity index (χ1v) is 15.6. The van der Waals surface area contributed by atoms with E-state index in [-0.39, 0.29) is 29.1 Å². The summed E-state index contributed by atoms with van der Waals surface area (Å²) in [7, 11) is -2.72. The highest BCUT2D eigenvalue weighted by Crippen LogP contribution is 2.28. The van der Waals surface area contributed by atoms with E-state index in [9.17, 15) is 22.4 Å². The number of rotatable bonds is 11. The molecule has 1 saturated carbocycles. The molecule has 42 heavy (non-hydrogen) atoms. The van der Waals surface area contributed by atoms with E-state index < -0.39 is 34.3 Å². The van der Waals surface area contributed by atoms with E-state index in [0.29, 0.717) is 11.3 Å². The number of carbonyl (C=O) groups excluding carboxylic acids is 2. The van der Waals surface area contributed by atoms with Crippen molar-refractivity contribution >= 4 is 27.5 Å². The molecule has 1 fully saturated rings. The monoisotopic (exact) mass is 595 g/mol. The lowest BCUT2D eigenvalue weighted by Crippen LogP contribution is -2.53. The van der Waals surface area contributed by atoms with Crippen LogP contribution in [0.4, 0.5) is 10.1 Å². The molecule has 0 heterocycles. The maximum Gasteiger partial charge on any atom is 0.264 e. The molecule has 0 spiro atoms. The van der Waals surface area contributed by atoms with E-state index >= 15 is 0 Å². The lowest BCUT2D eigenvalue weighted by molar-refractivity contribution is -0.139. The minimum atomic E-state index is -4.19. The molecule has 0 radical (unpaired) electrons. The fraction of sp³-hybridized carbons (Fsp3) is 0.375. The molecular weight excluding hydrogens is 557 g/mol. The molecule has 8 nitrogen and oxygen atoms in total. The zero-order valence-electron chi connectivity index (χ0n) is 24.3. The van der Waals surface area contributed by atoms with Crippen molar-refractivity contribution in [1.82, 2.24) is 10.2 Å². The van der Waals surface area contributed by atoms with Gasteiger partial charge in [-0.3, -0.25) is 13.9 Å². The van der Waals surface area contributed by atoms with Crippen molar-refractivity contribution in [2.45, 2.75) is 69.5 Å². The summed E-state index contributed by atoms with van der Waals surface area (Å²) in [4.78, 5) is 28.8. The first-order valence-electron chi connectivity index (χ1n) is 14.2. The maximum absolute atomic E-state index is 14.1. The van der Waals surface area contributed by atoms with Crippen LogP contribution < -0.4 is 14.4 Å². The number of amides is 2. The number of benzene rings is 3. The third-order valence-corrected chi connectivity index (χ3v) is 9.40. The van der Waals surface area contributed by atoms with Gasteiger partial charge < -0.3 is 15.0 Å². The minimum Gasteiger partial charge on any atom is -0.497 e. The first-order chi connectivity index (χ1) is 20.1. The molecular formula is C32H38FN3O5S. The van der Waals surface area contributed by atoms with Gasteiger partial charge in [0.15, 0.2) is 0 Å². The molecule has 0 saturated heterocycles. The van der Waals surface area contributed by atoms with Gasteiger partial charge in [-0.2, -0.15) is 0 Å². The Kier molecular flexibility index (Phi) is 10.2. The summed E-state index contributed by atoms with van der Waals surface area (Å²) in [5.74, 6) is -0.892. The molecule has 1 atom stereocenters. The van der Waals surface area contributed by atoms with Crippen molar-refractivity contribution in [1.29, 1.82) is 0 Å². The van der Waals surface area contributed by atoms with E-state index in [1.807, 2.05) is 6.92 Å². The van der Waals surface area contributed by atoms with Crippen molar-refractivity contribution in [3.8, 4) is 5.75 Å². The molecule has 224 valence electrons. The summed E-state index contributed by atoms with van der Waals surface area (Å²) in [6, 6.07) is 17.6. The molecule has 4 rings (SSSR count). The van der Waals surface area contributed by atoms with Gasteiger partial charge in [-0.1, -0.05) is 55.2 Å². The number of anilines is 1. The number of methoxy groups -OCH3 is 1. The Hall–Kier alpha value is -3.92. The Morgan fingerprint density at radius 1 is 1.00 bits per heavy atom. The van der Waals surface area contributed by atoms with Crippen LogP contribution in [0.15, 0.2) is 77.7 Å². The summed E-state index contributed by atoms with van der Waals surface area (Å²) in [5, 5.41) is 3.07. The second-order valence-electron chi connectivity index (χ2n) is 10.7. The van der Waals surface area contributed by atoms with Gasteiger partial charge in [-0.25, -0.2) is 12.8 Å². The smallest absolute Gasteiger partial charge is 0.264 e. The van der Waals surface area contributed by atoms with Gasteiger partial charge in [0, 0.05) is 18.7 Å². The first kappa shape index (κ1) is 31.0. The zero-order valence-corrected chi connectivity index (χ0v) is 25.1. The molecule has 3 aromatic rings. The van der Waals surface area contributed by atoms with E-state index in [4.69, 9.17) is 4.74 Å². The normalized spacial score (nSPS) is 14.6. The number of ether oxygens (including phenoxy) is 1. The quantitative estimate of drug-likeness (QED) is 0.329. The van der Waals surface area contributed by atoms with E-state index in [2.05, 4.69) is 5.32 Å². The summed E-state index contributed by atoms with van der Waals surface area (Å²) in [6.07, 6.45) is 4.95. The van der Waals surface area contributed by atoms with Crippen LogP contribution in [-0.4, -0.2) is 50.9 Å². The SMILES string of the molecule is COc1cccc(N(CC(=O)N(Cc2ccc(F)cc2)[C@@H](C)C(=O)NC2CCCCC2)S(=O)(=O)c2ccc(C)cc2)c1. The summed E-state index contributed by atoms with van der Waals surface area (Å²) >= 11 is 0. The van der Waals surface area contributed by atoms with Crippen LogP contribution in [0.2, 0.25) is 0 Å². The molecule has 10 heteroatoms. The highest BCUT2D eigenvalue weighted by atomic mass is 32.2. The molecule has 1 aliphatic carbocycles. The highest BCUT2D eigenvalue weighted by Gasteiger charge is 2.33.